The second-order valence-electron chi connectivity index (χ2n) is 7.42. The molecular formula is C24H26N2O4S. The van der Waals surface area contributed by atoms with Crippen molar-refractivity contribution in [3.8, 4) is 5.75 Å². The third kappa shape index (κ3) is 5.44. The van der Waals surface area contributed by atoms with Crippen LogP contribution in [0, 0.1) is 13.8 Å². The van der Waals surface area contributed by atoms with E-state index in [4.69, 9.17) is 4.74 Å². The summed E-state index contributed by atoms with van der Waals surface area (Å²) in [5, 5.41) is 2.98. The summed E-state index contributed by atoms with van der Waals surface area (Å²) in [6, 6.07) is 18.4. The van der Waals surface area contributed by atoms with Gasteiger partial charge in [-0.1, -0.05) is 29.8 Å². The summed E-state index contributed by atoms with van der Waals surface area (Å²) in [5.74, 6) is 0.286. The topological polar surface area (TPSA) is 84.5 Å². The molecule has 0 aliphatic rings. The fourth-order valence-electron chi connectivity index (χ4n) is 3.36. The van der Waals surface area contributed by atoms with Crippen LogP contribution in [0.3, 0.4) is 0 Å². The zero-order valence-corrected chi connectivity index (χ0v) is 18.8. The highest BCUT2D eigenvalue weighted by atomic mass is 32.2. The van der Waals surface area contributed by atoms with Crippen LogP contribution in [0.5, 0.6) is 5.75 Å². The van der Waals surface area contributed by atoms with Crippen LogP contribution in [0.4, 0.5) is 5.69 Å². The van der Waals surface area contributed by atoms with Crippen molar-refractivity contribution in [1.29, 1.82) is 0 Å². The highest BCUT2D eigenvalue weighted by molar-refractivity contribution is 7.92. The highest BCUT2D eigenvalue weighted by Gasteiger charge is 2.17. The van der Waals surface area contributed by atoms with Gasteiger partial charge in [0.15, 0.2) is 0 Å². The summed E-state index contributed by atoms with van der Waals surface area (Å²) in [5.41, 5.74) is 3.98. The average molecular weight is 439 g/mol. The van der Waals surface area contributed by atoms with Crippen molar-refractivity contribution in [2.75, 3.05) is 11.8 Å². The Morgan fingerprint density at radius 2 is 1.68 bits per heavy atom. The fourth-order valence-corrected chi connectivity index (χ4v) is 4.41. The second-order valence-corrected chi connectivity index (χ2v) is 9.10. The number of carbonyl (C=O) groups excluding carboxylic acids is 1. The van der Waals surface area contributed by atoms with Gasteiger partial charge in [-0.05, 0) is 74.4 Å². The normalized spacial score (nSPS) is 12.1. The summed E-state index contributed by atoms with van der Waals surface area (Å²) in [6.45, 7) is 5.96. The molecule has 0 aromatic heterocycles. The molecule has 0 fully saturated rings. The first-order chi connectivity index (χ1) is 14.7. The third-order valence-electron chi connectivity index (χ3n) is 4.99. The number of methoxy groups -OCH3 is 1. The number of rotatable bonds is 7. The molecular weight excluding hydrogens is 412 g/mol. The maximum absolute atomic E-state index is 12.8. The molecule has 3 aromatic rings. The third-order valence-corrected chi connectivity index (χ3v) is 6.38. The van der Waals surface area contributed by atoms with Gasteiger partial charge in [-0.15, -0.1) is 0 Å². The van der Waals surface area contributed by atoms with Crippen molar-refractivity contribution in [1.82, 2.24) is 5.32 Å². The lowest BCUT2D eigenvalue weighted by Gasteiger charge is -2.17. The van der Waals surface area contributed by atoms with Crippen molar-refractivity contribution >= 4 is 21.6 Å². The molecule has 0 bridgehead atoms. The molecule has 162 valence electrons. The number of sulfonamides is 1. The van der Waals surface area contributed by atoms with Gasteiger partial charge in [-0.25, -0.2) is 8.42 Å². The van der Waals surface area contributed by atoms with Gasteiger partial charge in [-0.2, -0.15) is 0 Å². The first-order valence-corrected chi connectivity index (χ1v) is 11.3. The SMILES string of the molecule is COc1ccc(S(=O)(=O)Nc2cccc(C(=O)N[C@@H](C)c3ccc(C)cc3C)c2)cc1. The summed E-state index contributed by atoms with van der Waals surface area (Å²) in [4.78, 5) is 12.9. The Bertz CT molecular complexity index is 1190. The first kappa shape index (κ1) is 22.4. The van der Waals surface area contributed by atoms with E-state index in [0.29, 0.717) is 17.0 Å². The molecule has 31 heavy (non-hydrogen) atoms. The number of nitrogens with one attached hydrogen (secondary N) is 2. The Kier molecular flexibility index (Phi) is 6.65. The minimum Gasteiger partial charge on any atom is -0.497 e. The number of hydrogen-bond acceptors (Lipinski definition) is 4. The molecule has 3 aromatic carbocycles. The van der Waals surface area contributed by atoms with Crippen LogP contribution in [0.2, 0.25) is 0 Å². The molecule has 0 saturated heterocycles. The number of hydrogen-bond donors (Lipinski definition) is 2. The maximum atomic E-state index is 12.8. The van der Waals surface area contributed by atoms with Gasteiger partial charge in [-0.3, -0.25) is 9.52 Å². The Labute approximate surface area is 183 Å². The molecule has 7 heteroatoms. The van der Waals surface area contributed by atoms with Crippen LogP contribution < -0.4 is 14.8 Å². The quantitative estimate of drug-likeness (QED) is 0.564. The van der Waals surface area contributed by atoms with Crippen molar-refractivity contribution in [2.24, 2.45) is 0 Å². The Hall–Kier alpha value is -3.32. The monoisotopic (exact) mass is 438 g/mol. The smallest absolute Gasteiger partial charge is 0.261 e. The fraction of sp³-hybridized carbons (Fsp3) is 0.208. The van der Waals surface area contributed by atoms with E-state index in [1.165, 1.54) is 25.3 Å². The zero-order valence-electron chi connectivity index (χ0n) is 18.0. The van der Waals surface area contributed by atoms with Gasteiger partial charge in [0.25, 0.3) is 15.9 Å². The molecule has 2 N–H and O–H groups in total. The van der Waals surface area contributed by atoms with Crippen LogP contribution in [0.15, 0.2) is 71.6 Å². The molecule has 0 aliphatic carbocycles. The lowest BCUT2D eigenvalue weighted by atomic mass is 10.00. The predicted molar refractivity (Wildman–Crippen MR) is 122 cm³/mol. The van der Waals surface area contributed by atoms with E-state index < -0.39 is 10.0 Å². The minimum atomic E-state index is -3.79. The van der Waals surface area contributed by atoms with Crippen LogP contribution in [0.1, 0.15) is 40.0 Å². The molecule has 1 atom stereocenters. The first-order valence-electron chi connectivity index (χ1n) is 9.84. The van der Waals surface area contributed by atoms with Crippen LogP contribution in [0.25, 0.3) is 0 Å². The number of anilines is 1. The molecule has 1 amide bonds. The number of carbonyl (C=O) groups is 1. The van der Waals surface area contributed by atoms with Gasteiger partial charge >= 0.3 is 0 Å². The summed E-state index contributed by atoms with van der Waals surface area (Å²) in [6.07, 6.45) is 0. The van der Waals surface area contributed by atoms with E-state index in [9.17, 15) is 13.2 Å². The summed E-state index contributed by atoms with van der Waals surface area (Å²) >= 11 is 0. The molecule has 0 saturated carbocycles. The molecule has 0 heterocycles. The van der Waals surface area contributed by atoms with E-state index >= 15 is 0 Å². The van der Waals surface area contributed by atoms with Crippen molar-refractivity contribution in [3.05, 3.63) is 89.0 Å². The number of aryl methyl sites for hydroxylation is 2. The number of benzene rings is 3. The predicted octanol–water partition coefficient (Wildman–Crippen LogP) is 4.60. The van der Waals surface area contributed by atoms with Gasteiger partial charge in [0.2, 0.25) is 0 Å². The van der Waals surface area contributed by atoms with Gasteiger partial charge in [0.1, 0.15) is 5.75 Å². The Morgan fingerprint density at radius 1 is 0.968 bits per heavy atom. The molecule has 6 nitrogen and oxygen atoms in total. The summed E-state index contributed by atoms with van der Waals surface area (Å²) < 4.78 is 32.9. The van der Waals surface area contributed by atoms with Crippen LogP contribution >= 0.6 is 0 Å². The molecule has 0 radical (unpaired) electrons. The van der Waals surface area contributed by atoms with Crippen LogP contribution in [-0.4, -0.2) is 21.4 Å². The van der Waals surface area contributed by atoms with E-state index in [1.807, 2.05) is 32.9 Å². The average Bonchev–Trinajstić information content (AvgIpc) is 2.73. The van der Waals surface area contributed by atoms with Crippen molar-refractivity contribution in [3.63, 3.8) is 0 Å². The summed E-state index contributed by atoms with van der Waals surface area (Å²) in [7, 11) is -2.28. The highest BCUT2D eigenvalue weighted by Crippen LogP contribution is 2.22. The largest absolute Gasteiger partial charge is 0.497 e. The van der Waals surface area contributed by atoms with E-state index in [0.717, 1.165) is 16.7 Å². The molecule has 0 aliphatic heterocycles. The lowest BCUT2D eigenvalue weighted by molar-refractivity contribution is 0.0940. The Balaban J connectivity index is 1.75. The standard InChI is InChI=1S/C24H26N2O4S/c1-16-8-13-23(17(2)14-16)18(3)25-24(27)19-6-5-7-20(15-19)26-31(28,29)22-11-9-21(30-4)10-12-22/h5-15,18,26H,1-4H3,(H,25,27)/t18-/m0/s1. The van der Waals surface area contributed by atoms with Gasteiger partial charge in [0, 0.05) is 11.3 Å². The van der Waals surface area contributed by atoms with E-state index in [2.05, 4.69) is 16.1 Å². The molecule has 0 spiro atoms. The van der Waals surface area contributed by atoms with Crippen molar-refractivity contribution in [2.45, 2.75) is 31.7 Å². The zero-order chi connectivity index (χ0) is 22.6. The van der Waals surface area contributed by atoms with Crippen molar-refractivity contribution < 1.29 is 17.9 Å². The molecule has 3 rings (SSSR count). The van der Waals surface area contributed by atoms with E-state index in [-0.39, 0.29) is 16.8 Å². The molecule has 0 unspecified atom stereocenters. The van der Waals surface area contributed by atoms with Crippen LogP contribution in [-0.2, 0) is 10.0 Å². The Morgan fingerprint density at radius 3 is 2.32 bits per heavy atom. The second kappa shape index (κ2) is 9.22. The maximum Gasteiger partial charge on any atom is 0.261 e. The minimum absolute atomic E-state index is 0.103. The van der Waals surface area contributed by atoms with E-state index in [1.54, 1.807) is 30.3 Å². The lowest BCUT2D eigenvalue weighted by Crippen LogP contribution is -2.27. The van der Waals surface area contributed by atoms with Gasteiger partial charge in [0.05, 0.1) is 18.0 Å². The number of ether oxygens (including phenoxy) is 1. The number of amides is 1. The van der Waals surface area contributed by atoms with Gasteiger partial charge < -0.3 is 10.1 Å².